The first-order valence-corrected chi connectivity index (χ1v) is 10.8. The van der Waals surface area contributed by atoms with E-state index in [1.165, 1.54) is 0 Å². The van der Waals surface area contributed by atoms with Gasteiger partial charge in [0, 0.05) is 23.9 Å². The number of hydrogen-bond donors (Lipinski definition) is 4. The number of carbonyl (C=O) groups is 2. The molecule has 0 unspecified atom stereocenters. The van der Waals surface area contributed by atoms with Crippen molar-refractivity contribution in [1.82, 2.24) is 15.0 Å². The number of hydrogen-bond acceptors (Lipinski definition) is 6. The second-order valence-electron chi connectivity index (χ2n) is 7.47. The molecule has 1 aromatic carbocycles. The van der Waals surface area contributed by atoms with Crippen LogP contribution in [-0.4, -0.2) is 27.0 Å². The fourth-order valence-corrected chi connectivity index (χ4v) is 3.57. The Balaban J connectivity index is 1.58. The number of H-pyrrole nitrogens is 1. The van der Waals surface area contributed by atoms with E-state index in [9.17, 15) is 9.59 Å². The van der Waals surface area contributed by atoms with Crippen LogP contribution in [0.1, 0.15) is 36.8 Å². The average molecular weight is 467 g/mol. The van der Waals surface area contributed by atoms with E-state index in [-0.39, 0.29) is 18.6 Å². The number of allylic oxidation sites excluding steroid dienone is 1. The minimum Gasteiger partial charge on any atom is -0.443 e. The summed E-state index contributed by atoms with van der Waals surface area (Å²) in [7, 11) is 0. The standard InChI is InChI=1S/C23H23ClN6O3/c24-21-20-16-10-9-14(27-23(32)33-13-15-6-4-5-11-26-15)12-18(16)28-19(31)8-3-1-2-7-17(25)22(29-20)30-21/h1-2,4-6,9-12,17H,3,7-8,13,25H2,(H,27,32)(H,28,31)(H,29,30)/b2-1-/t17-/m0/s1. The summed E-state index contributed by atoms with van der Waals surface area (Å²) in [5.41, 5.74) is 8.80. The van der Waals surface area contributed by atoms with Gasteiger partial charge in [0.15, 0.2) is 0 Å². The molecule has 0 fully saturated rings. The Bertz CT molecular complexity index is 1180. The van der Waals surface area contributed by atoms with Crippen LogP contribution in [-0.2, 0) is 16.1 Å². The van der Waals surface area contributed by atoms with Gasteiger partial charge in [0.25, 0.3) is 0 Å². The lowest BCUT2D eigenvalue weighted by molar-refractivity contribution is -0.116. The minimum absolute atomic E-state index is 0.0355. The minimum atomic E-state index is -0.646. The molecule has 3 aromatic rings. The topological polar surface area (TPSA) is 135 Å². The fraction of sp³-hybridized carbons (Fsp3) is 0.217. The van der Waals surface area contributed by atoms with Crippen molar-refractivity contribution in [3.63, 3.8) is 0 Å². The second kappa shape index (κ2) is 10.3. The molecule has 3 heterocycles. The molecule has 2 amide bonds. The molecular weight excluding hydrogens is 444 g/mol. The maximum absolute atomic E-state index is 12.5. The Morgan fingerprint density at radius 3 is 2.97 bits per heavy atom. The van der Waals surface area contributed by atoms with Crippen molar-refractivity contribution >= 4 is 35.0 Å². The van der Waals surface area contributed by atoms with Gasteiger partial charge in [0.05, 0.1) is 17.4 Å². The fourth-order valence-electron chi connectivity index (χ4n) is 3.33. The lowest BCUT2D eigenvalue weighted by Crippen LogP contribution is -2.15. The van der Waals surface area contributed by atoms with Crippen LogP contribution >= 0.6 is 11.6 Å². The van der Waals surface area contributed by atoms with E-state index in [0.29, 0.717) is 58.6 Å². The number of halogens is 1. The predicted octanol–water partition coefficient (Wildman–Crippen LogP) is 4.55. The Morgan fingerprint density at radius 1 is 1.27 bits per heavy atom. The molecule has 0 saturated carbocycles. The molecule has 4 rings (SSSR count). The van der Waals surface area contributed by atoms with Crippen LogP contribution in [0.15, 0.2) is 54.7 Å². The number of pyridine rings is 1. The second-order valence-corrected chi connectivity index (χ2v) is 7.85. The van der Waals surface area contributed by atoms with Crippen LogP contribution in [0.3, 0.4) is 0 Å². The Labute approximate surface area is 195 Å². The first kappa shape index (κ1) is 22.5. The van der Waals surface area contributed by atoms with Crippen molar-refractivity contribution in [3.8, 4) is 11.3 Å². The molecule has 0 aliphatic carbocycles. The molecule has 0 spiro atoms. The molecule has 5 N–H and O–H groups in total. The van der Waals surface area contributed by atoms with Crippen molar-refractivity contribution in [2.24, 2.45) is 5.73 Å². The van der Waals surface area contributed by atoms with E-state index in [4.69, 9.17) is 22.1 Å². The number of aromatic amines is 1. The Morgan fingerprint density at radius 2 is 2.15 bits per heavy atom. The number of benzene rings is 1. The number of fused-ring (bicyclic) bond motifs is 4. The summed E-state index contributed by atoms with van der Waals surface area (Å²) in [6, 6.07) is 10.0. The third kappa shape index (κ3) is 5.76. The molecule has 33 heavy (non-hydrogen) atoms. The van der Waals surface area contributed by atoms with Crippen LogP contribution in [0.5, 0.6) is 0 Å². The van der Waals surface area contributed by atoms with Gasteiger partial charge < -0.3 is 20.8 Å². The van der Waals surface area contributed by atoms with E-state index in [0.717, 1.165) is 0 Å². The Hall–Kier alpha value is -3.69. The summed E-state index contributed by atoms with van der Waals surface area (Å²) < 4.78 is 5.22. The third-order valence-electron chi connectivity index (χ3n) is 5.00. The highest BCUT2D eigenvalue weighted by Crippen LogP contribution is 2.35. The summed E-state index contributed by atoms with van der Waals surface area (Å²) in [4.78, 5) is 36.4. The number of nitrogens with two attached hydrogens (primary N) is 1. The summed E-state index contributed by atoms with van der Waals surface area (Å²) in [6.45, 7) is 0.0355. The highest BCUT2D eigenvalue weighted by molar-refractivity contribution is 6.32. The lowest BCUT2D eigenvalue weighted by Gasteiger charge is -2.13. The number of amides is 2. The summed E-state index contributed by atoms with van der Waals surface area (Å²) in [5, 5.41) is 5.86. The summed E-state index contributed by atoms with van der Waals surface area (Å²) >= 11 is 6.40. The smallest absolute Gasteiger partial charge is 0.412 e. The predicted molar refractivity (Wildman–Crippen MR) is 126 cm³/mol. The van der Waals surface area contributed by atoms with Crippen LogP contribution in [0.25, 0.3) is 11.3 Å². The maximum Gasteiger partial charge on any atom is 0.412 e. The van der Waals surface area contributed by atoms with Crippen LogP contribution in [0, 0.1) is 0 Å². The average Bonchev–Trinajstić information content (AvgIpc) is 3.19. The highest BCUT2D eigenvalue weighted by atomic mass is 35.5. The summed E-state index contributed by atoms with van der Waals surface area (Å²) in [5.74, 6) is 0.377. The molecule has 0 saturated heterocycles. The number of carbonyl (C=O) groups excluding carboxylic acids is 2. The maximum atomic E-state index is 12.5. The van der Waals surface area contributed by atoms with Gasteiger partial charge in [-0.25, -0.2) is 9.78 Å². The van der Waals surface area contributed by atoms with E-state index in [1.54, 1.807) is 36.5 Å². The molecule has 0 radical (unpaired) electrons. The molecule has 10 heteroatoms. The van der Waals surface area contributed by atoms with Gasteiger partial charge in [-0.15, -0.1) is 0 Å². The molecule has 9 nitrogen and oxygen atoms in total. The van der Waals surface area contributed by atoms with Crippen molar-refractivity contribution in [2.75, 3.05) is 10.6 Å². The van der Waals surface area contributed by atoms with E-state index < -0.39 is 6.09 Å². The summed E-state index contributed by atoms with van der Waals surface area (Å²) in [6.07, 6.45) is 6.27. The number of anilines is 2. The first-order chi connectivity index (χ1) is 16.0. The SMILES string of the molecule is N[C@H]1C/C=C\CCC(=O)Nc2cc(NC(=O)OCc3ccccn3)ccc2-c2nc1[nH]c2Cl. The molecule has 1 aliphatic heterocycles. The molecular formula is C23H23ClN6O3. The zero-order chi connectivity index (χ0) is 23.2. The number of aromatic nitrogens is 3. The number of nitrogens with one attached hydrogen (secondary N) is 3. The van der Waals surface area contributed by atoms with E-state index >= 15 is 0 Å². The lowest BCUT2D eigenvalue weighted by atomic mass is 10.1. The molecule has 170 valence electrons. The van der Waals surface area contributed by atoms with Crippen LogP contribution in [0.2, 0.25) is 5.15 Å². The molecule has 2 aromatic heterocycles. The molecule has 2 bridgehead atoms. The van der Waals surface area contributed by atoms with Gasteiger partial charge in [-0.05, 0) is 43.2 Å². The van der Waals surface area contributed by atoms with Gasteiger partial charge in [0.1, 0.15) is 23.3 Å². The van der Waals surface area contributed by atoms with E-state index in [1.807, 2.05) is 18.2 Å². The van der Waals surface area contributed by atoms with E-state index in [2.05, 4.69) is 25.6 Å². The van der Waals surface area contributed by atoms with Crippen molar-refractivity contribution in [3.05, 3.63) is 71.4 Å². The normalized spacial score (nSPS) is 16.9. The monoisotopic (exact) mass is 466 g/mol. The van der Waals surface area contributed by atoms with Crippen molar-refractivity contribution in [2.45, 2.75) is 31.9 Å². The molecule has 1 aliphatic rings. The molecule has 1 atom stereocenters. The number of rotatable bonds is 3. The van der Waals surface area contributed by atoms with Crippen molar-refractivity contribution in [1.29, 1.82) is 0 Å². The first-order valence-electron chi connectivity index (χ1n) is 10.4. The van der Waals surface area contributed by atoms with Crippen LogP contribution < -0.4 is 16.4 Å². The van der Waals surface area contributed by atoms with Crippen molar-refractivity contribution < 1.29 is 14.3 Å². The zero-order valence-corrected chi connectivity index (χ0v) is 18.4. The quantitative estimate of drug-likeness (QED) is 0.418. The van der Waals surface area contributed by atoms with Crippen LogP contribution in [0.4, 0.5) is 16.2 Å². The van der Waals surface area contributed by atoms with Gasteiger partial charge >= 0.3 is 6.09 Å². The number of nitrogens with zero attached hydrogens (tertiary/aromatic N) is 2. The van der Waals surface area contributed by atoms with Gasteiger partial charge in [-0.2, -0.15) is 0 Å². The van der Waals surface area contributed by atoms with Gasteiger partial charge in [0.2, 0.25) is 5.91 Å². The zero-order valence-electron chi connectivity index (χ0n) is 17.7. The largest absolute Gasteiger partial charge is 0.443 e. The number of ether oxygens (including phenoxy) is 1. The van der Waals surface area contributed by atoms with Gasteiger partial charge in [-0.3, -0.25) is 15.1 Å². The number of imidazole rings is 1. The Kier molecular flexibility index (Phi) is 7.01. The third-order valence-corrected chi connectivity index (χ3v) is 5.27. The highest BCUT2D eigenvalue weighted by Gasteiger charge is 2.19. The van der Waals surface area contributed by atoms with Gasteiger partial charge in [-0.1, -0.05) is 29.8 Å².